The van der Waals surface area contributed by atoms with E-state index in [1.54, 1.807) is 23.2 Å². The number of pyridine rings is 1. The Bertz CT molecular complexity index is 1470. The number of aromatic amines is 1. The van der Waals surface area contributed by atoms with Gasteiger partial charge in [0.05, 0.1) is 0 Å². The highest BCUT2D eigenvalue weighted by Gasteiger charge is 2.24. The van der Waals surface area contributed by atoms with E-state index in [9.17, 15) is 24.0 Å². The summed E-state index contributed by atoms with van der Waals surface area (Å²) in [5, 5.41) is 9.12. The molecule has 0 saturated carbocycles. The van der Waals surface area contributed by atoms with Crippen LogP contribution in [0.15, 0.2) is 56.8 Å². The van der Waals surface area contributed by atoms with E-state index in [2.05, 4.69) is 46.7 Å². The van der Waals surface area contributed by atoms with Crippen molar-refractivity contribution in [2.24, 2.45) is 0 Å². The van der Waals surface area contributed by atoms with Crippen LogP contribution in [0.1, 0.15) is 19.1 Å². The number of thiocarbonyl (C=S) groups is 1. The van der Waals surface area contributed by atoms with Gasteiger partial charge in [0.15, 0.2) is 11.3 Å². The summed E-state index contributed by atoms with van der Waals surface area (Å²) in [5.41, 5.74) is -1.14. The van der Waals surface area contributed by atoms with Crippen molar-refractivity contribution in [2.45, 2.75) is 25.2 Å². The van der Waals surface area contributed by atoms with E-state index in [1.807, 2.05) is 12.1 Å². The summed E-state index contributed by atoms with van der Waals surface area (Å²) in [6.07, 6.45) is 4.89. The van der Waals surface area contributed by atoms with Crippen molar-refractivity contribution in [3.05, 3.63) is 68.1 Å². The molecule has 236 valence electrons. The second kappa shape index (κ2) is 16.2. The third kappa shape index (κ3) is 10.4. The molecule has 15 nitrogen and oxygen atoms in total. The van der Waals surface area contributed by atoms with Gasteiger partial charge in [-0.2, -0.15) is 0 Å². The number of rotatable bonds is 12. The maximum atomic E-state index is 12.6. The molecule has 0 unspecified atom stereocenters. The molecule has 44 heavy (non-hydrogen) atoms. The lowest BCUT2D eigenvalue weighted by atomic mass is 10.2. The molecule has 1 saturated heterocycles. The number of aromatic nitrogens is 3. The average Bonchev–Trinajstić information content (AvgIpc) is 3.48. The van der Waals surface area contributed by atoms with Gasteiger partial charge in [0.1, 0.15) is 25.1 Å². The zero-order valence-electron chi connectivity index (χ0n) is 23.7. The van der Waals surface area contributed by atoms with Gasteiger partial charge in [-0.3, -0.25) is 33.6 Å². The first-order chi connectivity index (χ1) is 21.2. The van der Waals surface area contributed by atoms with E-state index in [0.717, 1.165) is 11.0 Å². The number of piperazine rings is 1. The van der Waals surface area contributed by atoms with Crippen LogP contribution in [0.5, 0.6) is 0 Å². The molecule has 2 amide bonds. The highest BCUT2D eigenvalue weighted by molar-refractivity contribution is 9.10. The molecule has 2 aromatic heterocycles. The predicted molar refractivity (Wildman–Crippen MR) is 167 cm³/mol. The number of ether oxygens (including phenoxy) is 2. The first-order valence-corrected chi connectivity index (χ1v) is 15.1. The molecule has 4 N–H and O–H groups in total. The summed E-state index contributed by atoms with van der Waals surface area (Å²) in [6, 6.07) is 4.89. The molecule has 2 aromatic rings. The molecule has 0 spiro atoms. The number of nitrogens with one attached hydrogen (secondary N) is 4. The number of amides is 2. The lowest BCUT2D eigenvalue weighted by Crippen LogP contribution is -2.50. The SMILES string of the molecule is O=C(CCC(=O)N1CCN(CCNC(=S)Nc2ccc(Br)cn2)CC1)NCC(=O)OC[C@@H]1C=C[C@H](n2ccc(=O)[nH]c2=O)O1. The number of carbonyl (C=O) groups excluding carboxylic acids is 3. The maximum absolute atomic E-state index is 12.6. The topological polar surface area (TPSA) is 180 Å². The van der Waals surface area contributed by atoms with Crippen molar-refractivity contribution >= 4 is 56.9 Å². The second-order valence-electron chi connectivity index (χ2n) is 9.89. The summed E-state index contributed by atoms with van der Waals surface area (Å²) in [6.45, 7) is 3.48. The van der Waals surface area contributed by atoms with Crippen molar-refractivity contribution in [3.8, 4) is 0 Å². The standard InChI is InChI=1S/C27H33BrN8O7S/c28-18-1-3-20(30-15-18)32-26(44)29-8-10-34-11-13-35(14-12-34)23(39)5-4-21(37)31-16-25(40)42-17-19-2-6-24(43-19)36-9-7-22(38)33-27(36)41/h1-3,6-7,9,15,19,24H,4-5,8,10-14,16-17H2,(H,31,37)(H,33,38,41)(H2,29,30,32,44)/t19-,24+/m0/s1. The molecule has 0 aliphatic carbocycles. The number of H-pyrrole nitrogens is 1. The monoisotopic (exact) mass is 692 g/mol. The third-order valence-electron chi connectivity index (χ3n) is 6.74. The minimum Gasteiger partial charge on any atom is -0.461 e. The number of esters is 1. The van der Waals surface area contributed by atoms with E-state index in [4.69, 9.17) is 21.7 Å². The molecule has 2 aliphatic heterocycles. The van der Waals surface area contributed by atoms with Crippen LogP contribution in [-0.2, 0) is 23.9 Å². The Morgan fingerprint density at radius 2 is 1.89 bits per heavy atom. The highest BCUT2D eigenvalue weighted by Crippen LogP contribution is 2.19. The van der Waals surface area contributed by atoms with Crippen LogP contribution in [0.3, 0.4) is 0 Å². The Labute approximate surface area is 266 Å². The van der Waals surface area contributed by atoms with Crippen LogP contribution >= 0.6 is 28.1 Å². The van der Waals surface area contributed by atoms with Gasteiger partial charge < -0.3 is 30.3 Å². The zero-order valence-corrected chi connectivity index (χ0v) is 26.1. The maximum Gasteiger partial charge on any atom is 0.330 e. The molecule has 2 atom stereocenters. The normalized spacial score (nSPS) is 18.1. The van der Waals surface area contributed by atoms with Crippen LogP contribution in [0, 0.1) is 0 Å². The first kappa shape index (κ1) is 33.0. The van der Waals surface area contributed by atoms with Crippen LogP contribution in [0.4, 0.5) is 5.82 Å². The predicted octanol–water partition coefficient (Wildman–Crippen LogP) is -0.282. The van der Waals surface area contributed by atoms with Crippen molar-refractivity contribution < 1.29 is 23.9 Å². The molecule has 2 aliphatic rings. The Morgan fingerprint density at radius 3 is 2.61 bits per heavy atom. The van der Waals surface area contributed by atoms with Gasteiger partial charge in [0.2, 0.25) is 11.8 Å². The van der Waals surface area contributed by atoms with Gasteiger partial charge in [-0.15, -0.1) is 0 Å². The van der Waals surface area contributed by atoms with E-state index in [1.165, 1.54) is 16.8 Å². The van der Waals surface area contributed by atoms with Crippen LogP contribution in [-0.4, -0.2) is 106 Å². The van der Waals surface area contributed by atoms with Gasteiger partial charge in [-0.1, -0.05) is 6.08 Å². The lowest BCUT2D eigenvalue weighted by Gasteiger charge is -2.34. The molecule has 0 radical (unpaired) electrons. The molecule has 0 bridgehead atoms. The van der Waals surface area contributed by atoms with Gasteiger partial charge in [-0.05, 0) is 46.4 Å². The summed E-state index contributed by atoms with van der Waals surface area (Å²) < 4.78 is 12.8. The highest BCUT2D eigenvalue weighted by atomic mass is 79.9. The number of halogens is 1. The van der Waals surface area contributed by atoms with E-state index in [0.29, 0.717) is 43.7 Å². The van der Waals surface area contributed by atoms with Crippen LogP contribution < -0.4 is 27.2 Å². The largest absolute Gasteiger partial charge is 0.461 e. The Hall–Kier alpha value is -3.93. The molecule has 1 fully saturated rings. The summed E-state index contributed by atoms with van der Waals surface area (Å²) in [4.78, 5) is 70.3. The Balaban J connectivity index is 1.03. The quantitative estimate of drug-likeness (QED) is 0.130. The number of anilines is 1. The van der Waals surface area contributed by atoms with Crippen molar-refractivity contribution in [3.63, 3.8) is 0 Å². The van der Waals surface area contributed by atoms with Gasteiger partial charge in [-0.25, -0.2) is 9.78 Å². The van der Waals surface area contributed by atoms with Crippen molar-refractivity contribution in [1.82, 2.24) is 35.0 Å². The molecular formula is C27H33BrN8O7S. The fraction of sp³-hybridized carbons (Fsp3) is 0.444. The van der Waals surface area contributed by atoms with Crippen molar-refractivity contribution in [2.75, 3.05) is 57.7 Å². The Kier molecular flexibility index (Phi) is 12.2. The first-order valence-electron chi connectivity index (χ1n) is 13.9. The molecular weight excluding hydrogens is 660 g/mol. The number of nitrogens with zero attached hydrogens (tertiary/aromatic N) is 4. The average molecular weight is 694 g/mol. The second-order valence-corrected chi connectivity index (χ2v) is 11.2. The summed E-state index contributed by atoms with van der Waals surface area (Å²) in [7, 11) is 0. The van der Waals surface area contributed by atoms with Crippen LogP contribution in [0.2, 0.25) is 0 Å². The van der Waals surface area contributed by atoms with E-state index < -0.39 is 35.5 Å². The fourth-order valence-corrected chi connectivity index (χ4v) is 4.83. The van der Waals surface area contributed by atoms with Crippen LogP contribution in [0.25, 0.3) is 0 Å². The molecule has 17 heteroatoms. The Morgan fingerprint density at radius 1 is 1.09 bits per heavy atom. The minimum absolute atomic E-state index is 0.0404. The third-order valence-corrected chi connectivity index (χ3v) is 7.46. The molecule has 4 rings (SSSR count). The van der Waals surface area contributed by atoms with E-state index in [-0.39, 0.29) is 31.9 Å². The van der Waals surface area contributed by atoms with Gasteiger partial charge in [0.25, 0.3) is 5.56 Å². The fourth-order valence-electron chi connectivity index (χ4n) is 4.39. The molecule has 0 aromatic carbocycles. The number of hydrogen-bond donors (Lipinski definition) is 4. The smallest absolute Gasteiger partial charge is 0.330 e. The minimum atomic E-state index is -0.743. The van der Waals surface area contributed by atoms with E-state index >= 15 is 0 Å². The number of hydrogen-bond acceptors (Lipinski definition) is 10. The molecule has 4 heterocycles. The zero-order chi connectivity index (χ0) is 31.5. The summed E-state index contributed by atoms with van der Waals surface area (Å²) in [5.74, 6) is -0.566. The lowest BCUT2D eigenvalue weighted by molar-refractivity contribution is -0.147. The summed E-state index contributed by atoms with van der Waals surface area (Å²) >= 11 is 8.64. The van der Waals surface area contributed by atoms with Crippen molar-refractivity contribution in [1.29, 1.82) is 0 Å². The van der Waals surface area contributed by atoms with Gasteiger partial charge >= 0.3 is 11.7 Å². The number of carbonyl (C=O) groups is 3. The van der Waals surface area contributed by atoms with Gasteiger partial charge in [0, 0.05) is 75.0 Å².